The first kappa shape index (κ1) is 17.2. The first-order valence-electron chi connectivity index (χ1n) is 8.85. The molecule has 0 N–H and O–H groups in total. The maximum atomic E-state index is 13.3. The molecule has 0 atom stereocenters. The summed E-state index contributed by atoms with van der Waals surface area (Å²) in [6.07, 6.45) is 6.73. The first-order chi connectivity index (χ1) is 11.2. The number of ether oxygens (including phenoxy) is 2. The number of benzene rings is 1. The Morgan fingerprint density at radius 1 is 1.13 bits per heavy atom. The summed E-state index contributed by atoms with van der Waals surface area (Å²) in [7, 11) is 0. The van der Waals surface area contributed by atoms with Gasteiger partial charge in [-0.15, -0.1) is 0 Å². The Hall–Kier alpha value is -0.640. The van der Waals surface area contributed by atoms with E-state index in [-0.39, 0.29) is 17.1 Å². The summed E-state index contributed by atoms with van der Waals surface area (Å²) in [4.78, 5) is 0. The van der Waals surface area contributed by atoms with Crippen LogP contribution in [0.15, 0.2) is 18.2 Å². The third-order valence-electron chi connectivity index (χ3n) is 5.26. The highest BCUT2D eigenvalue weighted by molar-refractivity contribution is 6.30. The molecule has 4 heteroatoms. The number of rotatable bonds is 4. The quantitative estimate of drug-likeness (QED) is 0.716. The van der Waals surface area contributed by atoms with Crippen LogP contribution in [0.1, 0.15) is 56.9 Å². The van der Waals surface area contributed by atoms with Crippen molar-refractivity contribution in [3.63, 3.8) is 0 Å². The molecule has 1 saturated carbocycles. The average Bonchev–Trinajstić information content (AvgIpc) is 2.59. The molecule has 2 nitrogen and oxygen atoms in total. The molecule has 23 heavy (non-hydrogen) atoms. The van der Waals surface area contributed by atoms with E-state index >= 15 is 0 Å². The Kier molecular flexibility index (Phi) is 5.95. The summed E-state index contributed by atoms with van der Waals surface area (Å²) in [5.41, 5.74) is 1.16. The summed E-state index contributed by atoms with van der Waals surface area (Å²) >= 11 is 5.91. The van der Waals surface area contributed by atoms with Gasteiger partial charge in [-0.2, -0.15) is 0 Å². The van der Waals surface area contributed by atoms with E-state index in [4.69, 9.17) is 21.1 Å². The maximum absolute atomic E-state index is 13.3. The number of hydrogen-bond acceptors (Lipinski definition) is 2. The van der Waals surface area contributed by atoms with Crippen LogP contribution in [0.2, 0.25) is 5.02 Å². The van der Waals surface area contributed by atoms with Crippen LogP contribution in [-0.2, 0) is 9.47 Å². The predicted octanol–water partition coefficient (Wildman–Crippen LogP) is 5.54. The van der Waals surface area contributed by atoms with Gasteiger partial charge in [-0.05, 0) is 55.7 Å². The van der Waals surface area contributed by atoms with Crippen molar-refractivity contribution < 1.29 is 13.9 Å². The van der Waals surface area contributed by atoms with Gasteiger partial charge in [0.05, 0.1) is 18.2 Å². The highest BCUT2D eigenvalue weighted by Gasteiger charge is 2.32. The zero-order valence-corrected chi connectivity index (χ0v) is 14.5. The summed E-state index contributed by atoms with van der Waals surface area (Å²) < 4.78 is 25.2. The first-order valence-corrected chi connectivity index (χ1v) is 9.23. The van der Waals surface area contributed by atoms with Gasteiger partial charge in [0.15, 0.2) is 6.29 Å². The van der Waals surface area contributed by atoms with E-state index in [0.29, 0.717) is 17.8 Å². The molecule has 128 valence electrons. The lowest BCUT2D eigenvalue weighted by atomic mass is 9.78. The zero-order valence-electron chi connectivity index (χ0n) is 13.8. The second kappa shape index (κ2) is 7.96. The van der Waals surface area contributed by atoms with Crippen LogP contribution < -0.4 is 0 Å². The minimum Gasteiger partial charge on any atom is -0.352 e. The van der Waals surface area contributed by atoms with Crippen molar-refractivity contribution in [2.45, 2.75) is 57.7 Å². The molecule has 1 aliphatic heterocycles. The molecule has 0 aromatic heterocycles. The van der Waals surface area contributed by atoms with Gasteiger partial charge in [0.1, 0.15) is 5.82 Å². The van der Waals surface area contributed by atoms with Crippen LogP contribution in [0.4, 0.5) is 4.39 Å². The van der Waals surface area contributed by atoms with Gasteiger partial charge in [-0.3, -0.25) is 0 Å². The van der Waals surface area contributed by atoms with E-state index in [1.54, 1.807) is 6.07 Å². The van der Waals surface area contributed by atoms with Crippen molar-refractivity contribution >= 4 is 11.6 Å². The number of halogens is 2. The van der Waals surface area contributed by atoms with Crippen molar-refractivity contribution in [2.75, 3.05) is 13.2 Å². The van der Waals surface area contributed by atoms with Gasteiger partial charge < -0.3 is 9.47 Å². The Morgan fingerprint density at radius 2 is 1.83 bits per heavy atom. The summed E-state index contributed by atoms with van der Waals surface area (Å²) in [6, 6.07) is 5.13. The molecule has 1 saturated heterocycles. The van der Waals surface area contributed by atoms with E-state index in [0.717, 1.165) is 44.5 Å². The Bertz CT molecular complexity index is 506. The molecule has 2 fully saturated rings. The van der Waals surface area contributed by atoms with Crippen LogP contribution >= 0.6 is 11.6 Å². The van der Waals surface area contributed by atoms with Crippen LogP contribution in [-0.4, -0.2) is 19.5 Å². The van der Waals surface area contributed by atoms with Gasteiger partial charge in [0.25, 0.3) is 0 Å². The van der Waals surface area contributed by atoms with Gasteiger partial charge in [0.2, 0.25) is 0 Å². The van der Waals surface area contributed by atoms with Crippen molar-refractivity contribution in [1.82, 2.24) is 0 Å². The maximum Gasteiger partial charge on any atom is 0.160 e. The topological polar surface area (TPSA) is 18.5 Å². The van der Waals surface area contributed by atoms with Crippen LogP contribution in [0, 0.1) is 17.7 Å². The van der Waals surface area contributed by atoms with Gasteiger partial charge in [-0.25, -0.2) is 4.39 Å². The average molecular weight is 341 g/mol. The highest BCUT2D eigenvalue weighted by atomic mass is 35.5. The summed E-state index contributed by atoms with van der Waals surface area (Å²) in [5.74, 6) is 1.19. The molecule has 0 bridgehead atoms. The SMILES string of the molecule is CCCC1COC(C2CCC(c3ccc(F)c(Cl)c3)CC2)OC1. The molecule has 0 unspecified atom stereocenters. The summed E-state index contributed by atoms with van der Waals surface area (Å²) in [6.45, 7) is 3.88. The lowest BCUT2D eigenvalue weighted by Crippen LogP contribution is -2.38. The zero-order chi connectivity index (χ0) is 16.2. The van der Waals surface area contributed by atoms with Crippen molar-refractivity contribution in [2.24, 2.45) is 11.8 Å². The van der Waals surface area contributed by atoms with Gasteiger partial charge >= 0.3 is 0 Å². The smallest absolute Gasteiger partial charge is 0.160 e. The van der Waals surface area contributed by atoms with E-state index < -0.39 is 0 Å². The van der Waals surface area contributed by atoms with Crippen LogP contribution in [0.5, 0.6) is 0 Å². The minimum atomic E-state index is -0.338. The Labute approximate surface area is 143 Å². The fourth-order valence-electron chi connectivity index (χ4n) is 3.90. The monoisotopic (exact) mass is 340 g/mol. The van der Waals surface area contributed by atoms with Crippen LogP contribution in [0.25, 0.3) is 0 Å². The molecule has 2 aliphatic rings. The second-order valence-corrected chi connectivity index (χ2v) is 7.38. The lowest BCUT2D eigenvalue weighted by molar-refractivity contribution is -0.229. The fourth-order valence-corrected chi connectivity index (χ4v) is 4.09. The van der Waals surface area contributed by atoms with Crippen molar-refractivity contribution in [1.29, 1.82) is 0 Å². The molecule has 1 aromatic rings. The largest absolute Gasteiger partial charge is 0.352 e. The lowest BCUT2D eigenvalue weighted by Gasteiger charge is -2.37. The molecule has 1 aromatic carbocycles. The minimum absolute atomic E-state index is 0.0270. The van der Waals surface area contributed by atoms with Gasteiger partial charge in [0, 0.05) is 11.8 Å². The normalized spacial score (nSPS) is 32.0. The molecule has 0 spiro atoms. The van der Waals surface area contributed by atoms with Crippen molar-refractivity contribution in [3.8, 4) is 0 Å². The van der Waals surface area contributed by atoms with E-state index in [9.17, 15) is 4.39 Å². The Balaban J connectivity index is 1.50. The van der Waals surface area contributed by atoms with E-state index in [1.807, 2.05) is 6.07 Å². The third-order valence-corrected chi connectivity index (χ3v) is 5.55. The molecule has 0 radical (unpaired) electrons. The van der Waals surface area contributed by atoms with E-state index in [2.05, 4.69) is 6.92 Å². The molecule has 1 aliphatic carbocycles. The second-order valence-electron chi connectivity index (χ2n) is 6.98. The Morgan fingerprint density at radius 3 is 2.43 bits per heavy atom. The molecule has 1 heterocycles. The molecular weight excluding hydrogens is 315 g/mol. The standard InChI is InChI=1S/C19H26ClFO2/c1-2-3-13-11-22-19(23-12-13)15-6-4-14(5-7-15)16-8-9-18(21)17(20)10-16/h8-10,13-15,19H,2-7,11-12H2,1H3. The van der Waals surface area contributed by atoms with Gasteiger partial charge in [-0.1, -0.05) is 31.0 Å². The molecule has 0 amide bonds. The summed E-state index contributed by atoms with van der Waals surface area (Å²) in [5, 5.41) is 0.227. The van der Waals surface area contributed by atoms with E-state index in [1.165, 1.54) is 18.9 Å². The fraction of sp³-hybridized carbons (Fsp3) is 0.684. The predicted molar refractivity (Wildman–Crippen MR) is 90.2 cm³/mol. The molecule has 3 rings (SSSR count). The highest BCUT2D eigenvalue weighted by Crippen LogP contribution is 2.39. The number of hydrogen-bond donors (Lipinski definition) is 0. The third kappa shape index (κ3) is 4.26. The molecular formula is C19H26ClFO2. The van der Waals surface area contributed by atoms with Crippen molar-refractivity contribution in [3.05, 3.63) is 34.6 Å². The van der Waals surface area contributed by atoms with Crippen LogP contribution in [0.3, 0.4) is 0 Å².